The molecule has 0 amide bonds. The zero-order valence-corrected chi connectivity index (χ0v) is 10.2. The Labute approximate surface area is 105 Å². The highest BCUT2D eigenvalue weighted by molar-refractivity contribution is 5.89. The predicted molar refractivity (Wildman–Crippen MR) is 61.4 cm³/mol. The number of carbonyl (C=O) groups is 2. The summed E-state index contributed by atoms with van der Waals surface area (Å²) in [6.07, 6.45) is 0.398. The lowest BCUT2D eigenvalue weighted by Crippen LogP contribution is -2.44. The third-order valence-electron chi connectivity index (χ3n) is 2.52. The summed E-state index contributed by atoms with van der Waals surface area (Å²) < 4.78 is 9.39. The molecule has 0 saturated carbocycles. The normalized spacial score (nSPS) is 27.8. The number of methoxy groups -OCH3 is 1. The second kappa shape index (κ2) is 6.32. The molecule has 0 aliphatic heterocycles. The van der Waals surface area contributed by atoms with Crippen LogP contribution in [0.4, 0.5) is 0 Å². The number of hydrogen-bond acceptors (Lipinski definition) is 6. The molecule has 6 nitrogen and oxygen atoms in total. The van der Waals surface area contributed by atoms with Crippen LogP contribution in [0.3, 0.4) is 0 Å². The van der Waals surface area contributed by atoms with E-state index in [1.54, 1.807) is 6.92 Å². The largest absolute Gasteiger partial charge is 0.466 e. The van der Waals surface area contributed by atoms with E-state index in [1.165, 1.54) is 25.3 Å². The summed E-state index contributed by atoms with van der Waals surface area (Å²) in [5.74, 6) is -1.28. The number of aliphatic hydroxyl groups excluding tert-OH is 2. The molecular weight excluding hydrogens is 240 g/mol. The van der Waals surface area contributed by atoms with Crippen molar-refractivity contribution >= 4 is 11.9 Å². The number of hydrogen-bond donors (Lipinski definition) is 2. The van der Waals surface area contributed by atoms with Gasteiger partial charge in [0.05, 0.1) is 13.2 Å². The average molecular weight is 256 g/mol. The summed E-state index contributed by atoms with van der Waals surface area (Å²) in [6, 6.07) is 0. The first-order chi connectivity index (χ1) is 8.49. The van der Waals surface area contributed by atoms with Crippen molar-refractivity contribution < 1.29 is 29.3 Å². The lowest BCUT2D eigenvalue weighted by atomic mass is 9.92. The fraction of sp³-hybridized carbons (Fsp3) is 0.500. The molecule has 2 N–H and O–H groups in total. The highest BCUT2D eigenvalue weighted by atomic mass is 16.6. The van der Waals surface area contributed by atoms with Crippen molar-refractivity contribution in [1.29, 1.82) is 0 Å². The Balaban J connectivity index is 2.77. The van der Waals surface area contributed by atoms with Gasteiger partial charge < -0.3 is 19.7 Å². The fourth-order valence-electron chi connectivity index (χ4n) is 1.68. The monoisotopic (exact) mass is 256 g/mol. The van der Waals surface area contributed by atoms with Crippen molar-refractivity contribution in [2.45, 2.75) is 31.7 Å². The van der Waals surface area contributed by atoms with Gasteiger partial charge in [0.15, 0.2) is 6.10 Å². The summed E-state index contributed by atoms with van der Waals surface area (Å²) >= 11 is 0. The molecule has 0 aromatic carbocycles. The van der Waals surface area contributed by atoms with Gasteiger partial charge in [0.1, 0.15) is 6.10 Å². The van der Waals surface area contributed by atoms with Crippen molar-refractivity contribution in [2.24, 2.45) is 0 Å². The number of allylic oxidation sites excluding steroid dienone is 1. The topological polar surface area (TPSA) is 93.1 Å². The first-order valence-corrected chi connectivity index (χ1v) is 5.48. The first-order valence-electron chi connectivity index (χ1n) is 5.48. The van der Waals surface area contributed by atoms with Crippen molar-refractivity contribution in [3.8, 4) is 0 Å². The van der Waals surface area contributed by atoms with E-state index >= 15 is 0 Å². The molecule has 1 aliphatic rings. The first kappa shape index (κ1) is 14.4. The molecule has 18 heavy (non-hydrogen) atoms. The van der Waals surface area contributed by atoms with Crippen LogP contribution in [0.5, 0.6) is 0 Å². The molecule has 0 spiro atoms. The van der Waals surface area contributed by atoms with Crippen LogP contribution in [0.15, 0.2) is 23.8 Å². The van der Waals surface area contributed by atoms with Crippen LogP contribution in [-0.2, 0) is 19.1 Å². The molecule has 1 rings (SSSR count). The number of aliphatic hydroxyl groups is 2. The number of rotatable bonds is 3. The summed E-state index contributed by atoms with van der Waals surface area (Å²) in [5, 5.41) is 19.5. The zero-order chi connectivity index (χ0) is 13.7. The Bertz CT molecular complexity index is 384. The summed E-state index contributed by atoms with van der Waals surface area (Å²) in [4.78, 5) is 22.5. The van der Waals surface area contributed by atoms with Gasteiger partial charge in [-0.2, -0.15) is 0 Å². The summed E-state index contributed by atoms with van der Waals surface area (Å²) in [6.45, 7) is 1.64. The Morgan fingerprint density at radius 3 is 2.61 bits per heavy atom. The van der Waals surface area contributed by atoms with Gasteiger partial charge in [-0.25, -0.2) is 9.59 Å². The Morgan fingerprint density at radius 2 is 2.11 bits per heavy atom. The molecule has 0 saturated heterocycles. The second-order valence-corrected chi connectivity index (χ2v) is 3.85. The van der Waals surface area contributed by atoms with Crippen LogP contribution in [0.25, 0.3) is 0 Å². The van der Waals surface area contributed by atoms with E-state index in [1.807, 2.05) is 0 Å². The maximum atomic E-state index is 11.3. The van der Waals surface area contributed by atoms with Gasteiger partial charge in [-0.05, 0) is 13.0 Å². The van der Waals surface area contributed by atoms with E-state index in [0.717, 1.165) is 0 Å². The van der Waals surface area contributed by atoms with E-state index in [0.29, 0.717) is 0 Å². The van der Waals surface area contributed by atoms with Gasteiger partial charge in [-0.1, -0.05) is 6.08 Å². The van der Waals surface area contributed by atoms with E-state index in [9.17, 15) is 19.8 Å². The highest BCUT2D eigenvalue weighted by Crippen LogP contribution is 2.23. The number of ether oxygens (including phenoxy) is 2. The van der Waals surface area contributed by atoms with Gasteiger partial charge in [0.2, 0.25) is 0 Å². The van der Waals surface area contributed by atoms with Gasteiger partial charge in [-0.15, -0.1) is 0 Å². The average Bonchev–Trinajstić information content (AvgIpc) is 2.32. The Morgan fingerprint density at radius 1 is 1.44 bits per heavy atom. The third kappa shape index (κ3) is 3.41. The minimum absolute atomic E-state index is 0.0302. The van der Waals surface area contributed by atoms with Crippen molar-refractivity contribution in [1.82, 2.24) is 0 Å². The molecule has 0 radical (unpaired) electrons. The van der Waals surface area contributed by atoms with Crippen molar-refractivity contribution in [3.05, 3.63) is 23.8 Å². The molecule has 0 unspecified atom stereocenters. The minimum atomic E-state index is -1.24. The van der Waals surface area contributed by atoms with Gasteiger partial charge in [0, 0.05) is 18.1 Å². The molecule has 0 aromatic heterocycles. The Hall–Kier alpha value is -1.66. The molecule has 0 aromatic rings. The summed E-state index contributed by atoms with van der Waals surface area (Å²) in [7, 11) is 1.21. The third-order valence-corrected chi connectivity index (χ3v) is 2.52. The van der Waals surface area contributed by atoms with Gasteiger partial charge in [-0.3, -0.25) is 0 Å². The molecular formula is C12H16O6. The maximum Gasteiger partial charge on any atom is 0.333 e. The predicted octanol–water partition coefficient (Wildman–Crippen LogP) is -0.301. The van der Waals surface area contributed by atoms with Gasteiger partial charge >= 0.3 is 11.9 Å². The number of carbonyl (C=O) groups excluding carboxylic acids is 2. The fourth-order valence-corrected chi connectivity index (χ4v) is 1.68. The molecule has 1 aliphatic carbocycles. The lowest BCUT2D eigenvalue weighted by Gasteiger charge is -2.30. The van der Waals surface area contributed by atoms with E-state index in [2.05, 4.69) is 4.74 Å². The van der Waals surface area contributed by atoms with Crippen molar-refractivity contribution in [2.75, 3.05) is 7.11 Å². The van der Waals surface area contributed by atoms with Crippen LogP contribution >= 0.6 is 0 Å². The van der Waals surface area contributed by atoms with Crippen LogP contribution < -0.4 is 0 Å². The molecule has 3 atom stereocenters. The Kier molecular flexibility index (Phi) is 5.06. The summed E-state index contributed by atoms with van der Waals surface area (Å²) in [5.41, 5.74) is 0.163. The number of esters is 2. The minimum Gasteiger partial charge on any atom is -0.466 e. The molecule has 6 heteroatoms. The zero-order valence-electron chi connectivity index (χ0n) is 10.2. The van der Waals surface area contributed by atoms with E-state index in [4.69, 9.17) is 4.74 Å². The lowest BCUT2D eigenvalue weighted by molar-refractivity contribution is -0.157. The van der Waals surface area contributed by atoms with Crippen LogP contribution in [0.1, 0.15) is 13.3 Å². The maximum absolute atomic E-state index is 11.3. The van der Waals surface area contributed by atoms with Crippen LogP contribution in [-0.4, -0.2) is 47.6 Å². The van der Waals surface area contributed by atoms with Gasteiger partial charge in [0.25, 0.3) is 0 Å². The standard InChI is InChI=1S/C12H16O6/c1-3-4-10(15)18-11-8(13)5-7(6-9(11)14)12(16)17-2/h3-5,8-9,11,13-14H,6H2,1-2H3/b4-3+/t8-,9-,11-/m1/s1. The van der Waals surface area contributed by atoms with E-state index < -0.39 is 30.3 Å². The van der Waals surface area contributed by atoms with E-state index in [-0.39, 0.29) is 12.0 Å². The second-order valence-electron chi connectivity index (χ2n) is 3.85. The quantitative estimate of drug-likeness (QED) is 0.532. The SMILES string of the molecule is C/C=C/C(=O)O[C@@H]1[C@H](O)C=C(C(=O)OC)C[C@H]1O. The van der Waals surface area contributed by atoms with Crippen molar-refractivity contribution in [3.63, 3.8) is 0 Å². The molecule has 0 heterocycles. The molecule has 100 valence electrons. The molecule has 0 fully saturated rings. The molecule has 0 bridgehead atoms. The smallest absolute Gasteiger partial charge is 0.333 e. The van der Waals surface area contributed by atoms with Crippen LogP contribution in [0.2, 0.25) is 0 Å². The van der Waals surface area contributed by atoms with Crippen LogP contribution in [0, 0.1) is 0 Å². The highest BCUT2D eigenvalue weighted by Gasteiger charge is 2.35.